The van der Waals surface area contributed by atoms with E-state index in [0.717, 1.165) is 0 Å². The number of alkyl halides is 3. The summed E-state index contributed by atoms with van der Waals surface area (Å²) in [5.41, 5.74) is 11.8. The smallest absolute Gasteiger partial charge is 0.435 e. The Balaban J connectivity index is 1.64. The topological polar surface area (TPSA) is 125 Å². The quantitative estimate of drug-likeness (QED) is 0.512. The Bertz CT molecular complexity index is 1150. The molecule has 0 bridgehead atoms. The van der Waals surface area contributed by atoms with Gasteiger partial charge in [-0.2, -0.15) is 18.3 Å². The first-order valence-electron chi connectivity index (χ1n) is 12.2. The lowest BCUT2D eigenvalue weighted by Crippen LogP contribution is -2.33. The molecule has 1 amide bonds. The van der Waals surface area contributed by atoms with Crippen LogP contribution in [0.1, 0.15) is 73.3 Å². The minimum Gasteiger partial charge on any atom is -0.461 e. The summed E-state index contributed by atoms with van der Waals surface area (Å²) in [5.74, 6) is -1.09. The van der Waals surface area contributed by atoms with Crippen LogP contribution in [0.5, 0.6) is 0 Å². The molecule has 1 saturated carbocycles. The summed E-state index contributed by atoms with van der Waals surface area (Å²) < 4.78 is 48.1. The number of amides is 1. The number of ether oxygens (including phenoxy) is 1. The number of rotatable bonds is 6. The van der Waals surface area contributed by atoms with Gasteiger partial charge in [-0.1, -0.05) is 13.8 Å². The van der Waals surface area contributed by atoms with Crippen molar-refractivity contribution in [2.75, 3.05) is 11.9 Å². The van der Waals surface area contributed by atoms with Crippen molar-refractivity contribution in [3.8, 4) is 5.69 Å². The summed E-state index contributed by atoms with van der Waals surface area (Å²) in [7, 11) is 0. The number of nitrogens with zero attached hydrogens (tertiary/aromatic N) is 2. The molecule has 0 unspecified atom stereocenters. The van der Waals surface area contributed by atoms with Gasteiger partial charge in [0.1, 0.15) is 6.10 Å². The molecule has 0 aliphatic heterocycles. The van der Waals surface area contributed by atoms with Crippen LogP contribution >= 0.6 is 0 Å². The number of nitrogens with two attached hydrogens (primary N) is 2. The molecule has 11 heteroatoms. The van der Waals surface area contributed by atoms with Crippen LogP contribution < -0.4 is 16.8 Å². The summed E-state index contributed by atoms with van der Waals surface area (Å²) in [5, 5.41) is 7.33. The van der Waals surface area contributed by atoms with Crippen LogP contribution in [0.3, 0.4) is 0 Å². The molecule has 1 fully saturated rings. The zero-order chi connectivity index (χ0) is 26.3. The molecule has 36 heavy (non-hydrogen) atoms. The van der Waals surface area contributed by atoms with Crippen LogP contribution in [-0.2, 0) is 28.5 Å². The highest BCUT2D eigenvalue weighted by Crippen LogP contribution is 2.42. The third-order valence-corrected chi connectivity index (χ3v) is 7.07. The van der Waals surface area contributed by atoms with Crippen molar-refractivity contribution in [3.05, 3.63) is 40.7 Å². The largest absolute Gasteiger partial charge is 0.461 e. The molecule has 0 saturated heterocycles. The molecule has 1 heterocycles. The molecule has 196 valence electrons. The van der Waals surface area contributed by atoms with E-state index in [1.807, 2.05) is 13.8 Å². The number of halogens is 3. The van der Waals surface area contributed by atoms with Gasteiger partial charge in [-0.05, 0) is 68.6 Å². The van der Waals surface area contributed by atoms with E-state index in [0.29, 0.717) is 62.0 Å². The maximum atomic E-state index is 13.8. The first kappa shape index (κ1) is 26.0. The van der Waals surface area contributed by atoms with E-state index in [4.69, 9.17) is 16.2 Å². The maximum absolute atomic E-state index is 13.8. The number of primary amides is 1. The Morgan fingerprint density at radius 1 is 1.22 bits per heavy atom. The number of hydrogen-bond donors (Lipinski definition) is 3. The van der Waals surface area contributed by atoms with E-state index in [9.17, 15) is 22.8 Å². The van der Waals surface area contributed by atoms with Crippen molar-refractivity contribution in [2.45, 2.75) is 77.1 Å². The predicted molar refractivity (Wildman–Crippen MR) is 128 cm³/mol. The Kier molecular flexibility index (Phi) is 7.05. The third kappa shape index (κ3) is 5.50. The zero-order valence-electron chi connectivity index (χ0n) is 20.5. The van der Waals surface area contributed by atoms with Crippen LogP contribution in [0.25, 0.3) is 5.69 Å². The number of benzene rings is 1. The second-order valence-electron chi connectivity index (χ2n) is 10.4. The molecule has 1 aromatic heterocycles. The van der Waals surface area contributed by atoms with Gasteiger partial charge in [0, 0.05) is 23.0 Å². The van der Waals surface area contributed by atoms with Crippen molar-refractivity contribution in [2.24, 2.45) is 16.9 Å². The summed E-state index contributed by atoms with van der Waals surface area (Å²) in [6, 6.07) is 4.70. The molecule has 8 nitrogen and oxygen atoms in total. The normalized spacial score (nSPS) is 21.5. The van der Waals surface area contributed by atoms with Crippen molar-refractivity contribution in [3.63, 3.8) is 0 Å². The van der Waals surface area contributed by atoms with E-state index in [1.54, 1.807) is 12.1 Å². The summed E-state index contributed by atoms with van der Waals surface area (Å²) in [6.07, 6.45) is -0.749. The van der Waals surface area contributed by atoms with Gasteiger partial charge in [-0.3, -0.25) is 9.59 Å². The number of carbonyl (C=O) groups excluding carboxylic acids is 2. The predicted octanol–water partition coefficient (Wildman–Crippen LogP) is 3.73. The maximum Gasteiger partial charge on any atom is 0.435 e. The molecule has 1 aromatic carbocycles. The van der Waals surface area contributed by atoms with Gasteiger partial charge in [-0.15, -0.1) is 0 Å². The number of aromatic nitrogens is 2. The van der Waals surface area contributed by atoms with Crippen LogP contribution in [0.4, 0.5) is 18.9 Å². The average Bonchev–Trinajstić information content (AvgIpc) is 3.18. The van der Waals surface area contributed by atoms with Gasteiger partial charge in [-0.25, -0.2) is 4.68 Å². The van der Waals surface area contributed by atoms with Gasteiger partial charge < -0.3 is 21.5 Å². The molecule has 0 radical (unpaired) electrons. The lowest BCUT2D eigenvalue weighted by Gasteiger charge is -2.31. The molecular weight excluding hydrogens is 475 g/mol. The standard InChI is InChI=1S/C25H32F3N5O3/c1-24(2)10-9-18-20(12-24)33(32-22(18)25(26,27)28)15-5-8-17(23(30)35)19(11-15)31-14-3-6-16(7-4-14)36-21(34)13-29/h5,8,11,14,16,31H,3-4,6-7,9-10,12-13,29H2,1-2H3,(H2,30,35). The SMILES string of the molecule is CC1(C)CCc2c(C(F)(F)F)nn(-c3ccc(C(N)=O)c(NC4CCC(OC(=O)CN)CC4)c3)c2C1. The molecule has 2 aliphatic carbocycles. The summed E-state index contributed by atoms with van der Waals surface area (Å²) in [6.45, 7) is 3.90. The zero-order valence-corrected chi connectivity index (χ0v) is 20.5. The number of nitrogens with one attached hydrogen (secondary N) is 1. The highest BCUT2D eigenvalue weighted by Gasteiger charge is 2.42. The monoisotopic (exact) mass is 507 g/mol. The van der Waals surface area contributed by atoms with E-state index in [-0.39, 0.29) is 35.2 Å². The lowest BCUT2D eigenvalue weighted by atomic mass is 9.76. The second kappa shape index (κ2) is 9.76. The van der Waals surface area contributed by atoms with Crippen molar-refractivity contribution >= 4 is 17.6 Å². The number of esters is 1. The average molecular weight is 508 g/mol. The van der Waals surface area contributed by atoms with E-state index < -0.39 is 23.7 Å². The third-order valence-electron chi connectivity index (χ3n) is 7.07. The van der Waals surface area contributed by atoms with E-state index in [2.05, 4.69) is 10.4 Å². The fraction of sp³-hybridized carbons (Fsp3) is 0.560. The number of hydrogen-bond acceptors (Lipinski definition) is 6. The molecule has 5 N–H and O–H groups in total. The molecule has 2 aliphatic rings. The molecular formula is C25H32F3N5O3. The first-order chi connectivity index (χ1) is 16.9. The van der Waals surface area contributed by atoms with Crippen molar-refractivity contribution in [1.29, 1.82) is 0 Å². The van der Waals surface area contributed by atoms with E-state index in [1.165, 1.54) is 10.7 Å². The Labute approximate surface area is 207 Å². The second-order valence-corrected chi connectivity index (χ2v) is 10.4. The van der Waals surface area contributed by atoms with Gasteiger partial charge in [0.15, 0.2) is 5.69 Å². The van der Waals surface area contributed by atoms with Crippen LogP contribution in [-0.4, -0.2) is 40.3 Å². The van der Waals surface area contributed by atoms with Gasteiger partial charge in [0.2, 0.25) is 0 Å². The van der Waals surface area contributed by atoms with Crippen LogP contribution in [0, 0.1) is 5.41 Å². The Morgan fingerprint density at radius 3 is 2.53 bits per heavy atom. The Morgan fingerprint density at radius 2 is 1.92 bits per heavy atom. The Hall–Kier alpha value is -3.08. The van der Waals surface area contributed by atoms with Crippen LogP contribution in [0.2, 0.25) is 0 Å². The minimum atomic E-state index is -4.56. The highest BCUT2D eigenvalue weighted by atomic mass is 19.4. The molecule has 0 spiro atoms. The van der Waals surface area contributed by atoms with E-state index >= 15 is 0 Å². The molecule has 4 rings (SSSR count). The van der Waals surface area contributed by atoms with Gasteiger partial charge >= 0.3 is 12.1 Å². The summed E-state index contributed by atoms with van der Waals surface area (Å²) in [4.78, 5) is 23.6. The van der Waals surface area contributed by atoms with Crippen LogP contribution in [0.15, 0.2) is 18.2 Å². The summed E-state index contributed by atoms with van der Waals surface area (Å²) >= 11 is 0. The van der Waals surface area contributed by atoms with Crippen molar-refractivity contribution in [1.82, 2.24) is 9.78 Å². The fourth-order valence-corrected chi connectivity index (χ4v) is 5.15. The highest BCUT2D eigenvalue weighted by molar-refractivity contribution is 5.99. The molecule has 2 aromatic rings. The number of fused-ring (bicyclic) bond motifs is 1. The first-order valence-corrected chi connectivity index (χ1v) is 12.2. The van der Waals surface area contributed by atoms with Crippen molar-refractivity contribution < 1.29 is 27.5 Å². The van der Waals surface area contributed by atoms with Gasteiger partial charge in [0.05, 0.1) is 17.8 Å². The lowest BCUT2D eigenvalue weighted by molar-refractivity contribution is -0.148. The number of carbonyl (C=O) groups is 2. The number of anilines is 1. The fourth-order valence-electron chi connectivity index (χ4n) is 5.15. The minimum absolute atomic E-state index is 0.0256. The molecule has 0 atom stereocenters. The van der Waals surface area contributed by atoms with Gasteiger partial charge in [0.25, 0.3) is 5.91 Å².